The van der Waals surface area contributed by atoms with Crippen LogP contribution < -0.4 is 5.32 Å². The molecule has 1 aromatic heterocycles. The van der Waals surface area contributed by atoms with Gasteiger partial charge in [-0.3, -0.25) is 9.59 Å². The molecule has 110 valence electrons. The van der Waals surface area contributed by atoms with Gasteiger partial charge in [-0.25, -0.2) is 0 Å². The summed E-state index contributed by atoms with van der Waals surface area (Å²) in [5.74, 6) is -1.28. The standard InChI is InChI=1S/C16H18N2O3/c1-3-12-7-4-6-11(2)15(12)17-16(21)13-8-5-9-18(13)10-14(19)20/h4-9H,3,10H2,1-2H3,(H,17,21)(H,19,20). The maximum atomic E-state index is 12.4. The van der Waals surface area contributed by atoms with Crippen LogP contribution in [-0.4, -0.2) is 21.6 Å². The summed E-state index contributed by atoms with van der Waals surface area (Å²) >= 11 is 0. The number of aryl methyl sites for hydroxylation is 2. The number of carboxylic acid groups (broad SMARTS) is 1. The fourth-order valence-corrected chi connectivity index (χ4v) is 2.28. The molecule has 0 aliphatic carbocycles. The maximum Gasteiger partial charge on any atom is 0.323 e. The summed E-state index contributed by atoms with van der Waals surface area (Å²) in [6.45, 7) is 3.73. The Kier molecular flexibility index (Phi) is 4.42. The Bertz CT molecular complexity index is 674. The number of aromatic nitrogens is 1. The third-order valence-corrected chi connectivity index (χ3v) is 3.35. The highest BCUT2D eigenvalue weighted by Crippen LogP contribution is 2.22. The number of nitrogens with zero attached hydrogens (tertiary/aromatic N) is 1. The van der Waals surface area contributed by atoms with E-state index in [2.05, 4.69) is 5.32 Å². The highest BCUT2D eigenvalue weighted by Gasteiger charge is 2.15. The van der Waals surface area contributed by atoms with Gasteiger partial charge < -0.3 is 15.0 Å². The van der Waals surface area contributed by atoms with E-state index in [9.17, 15) is 9.59 Å². The summed E-state index contributed by atoms with van der Waals surface area (Å²) in [4.78, 5) is 23.2. The van der Waals surface area contributed by atoms with E-state index in [0.29, 0.717) is 5.69 Å². The van der Waals surface area contributed by atoms with Gasteiger partial charge in [0.1, 0.15) is 12.2 Å². The van der Waals surface area contributed by atoms with E-state index in [-0.39, 0.29) is 12.5 Å². The molecular weight excluding hydrogens is 268 g/mol. The summed E-state index contributed by atoms with van der Waals surface area (Å²) in [5.41, 5.74) is 3.18. The van der Waals surface area contributed by atoms with Crippen molar-refractivity contribution in [2.75, 3.05) is 5.32 Å². The van der Waals surface area contributed by atoms with Crippen LogP contribution in [0.2, 0.25) is 0 Å². The minimum Gasteiger partial charge on any atom is -0.480 e. The van der Waals surface area contributed by atoms with Gasteiger partial charge in [-0.1, -0.05) is 25.1 Å². The largest absolute Gasteiger partial charge is 0.480 e. The van der Waals surface area contributed by atoms with Gasteiger partial charge >= 0.3 is 5.97 Å². The number of amides is 1. The van der Waals surface area contributed by atoms with E-state index in [1.165, 1.54) is 4.57 Å². The average Bonchev–Trinajstić information content (AvgIpc) is 2.88. The van der Waals surface area contributed by atoms with Crippen molar-refractivity contribution < 1.29 is 14.7 Å². The van der Waals surface area contributed by atoms with Crippen LogP contribution in [0.3, 0.4) is 0 Å². The topological polar surface area (TPSA) is 71.3 Å². The second-order valence-corrected chi connectivity index (χ2v) is 4.83. The summed E-state index contributed by atoms with van der Waals surface area (Å²) < 4.78 is 1.42. The second-order valence-electron chi connectivity index (χ2n) is 4.83. The maximum absolute atomic E-state index is 12.4. The molecule has 0 aliphatic rings. The number of para-hydroxylation sites is 1. The van der Waals surface area contributed by atoms with Crippen LogP contribution >= 0.6 is 0 Å². The Morgan fingerprint density at radius 3 is 2.67 bits per heavy atom. The predicted octanol–water partition coefficient (Wildman–Crippen LogP) is 2.70. The molecule has 2 rings (SSSR count). The normalized spacial score (nSPS) is 10.4. The summed E-state index contributed by atoms with van der Waals surface area (Å²) in [6, 6.07) is 9.14. The molecule has 0 radical (unpaired) electrons. The lowest BCUT2D eigenvalue weighted by Gasteiger charge is -2.13. The molecule has 0 saturated carbocycles. The molecule has 2 aromatic rings. The number of carbonyl (C=O) groups excluding carboxylic acids is 1. The minimum absolute atomic E-state index is 0.232. The smallest absolute Gasteiger partial charge is 0.323 e. The van der Waals surface area contributed by atoms with E-state index in [1.54, 1.807) is 18.3 Å². The van der Waals surface area contributed by atoms with E-state index in [4.69, 9.17) is 5.11 Å². The lowest BCUT2D eigenvalue weighted by Crippen LogP contribution is -2.20. The van der Waals surface area contributed by atoms with Gasteiger partial charge in [0.05, 0.1) is 0 Å². The lowest BCUT2D eigenvalue weighted by molar-refractivity contribution is -0.137. The minimum atomic E-state index is -0.981. The first-order valence-electron chi connectivity index (χ1n) is 6.79. The second kappa shape index (κ2) is 6.26. The van der Waals surface area contributed by atoms with Crippen LogP contribution in [0.25, 0.3) is 0 Å². The number of benzene rings is 1. The summed E-state index contributed by atoms with van der Waals surface area (Å²) in [7, 11) is 0. The number of hydrogen-bond acceptors (Lipinski definition) is 2. The van der Waals surface area contributed by atoms with Gasteiger partial charge in [0.2, 0.25) is 0 Å². The van der Waals surface area contributed by atoms with Crippen LogP contribution in [0.1, 0.15) is 28.5 Å². The van der Waals surface area contributed by atoms with Crippen molar-refractivity contribution in [2.24, 2.45) is 0 Å². The molecule has 5 heteroatoms. The van der Waals surface area contributed by atoms with Gasteiger partial charge in [-0.2, -0.15) is 0 Å². The van der Waals surface area contributed by atoms with Crippen LogP contribution in [0.15, 0.2) is 36.5 Å². The molecule has 0 fully saturated rings. The Morgan fingerprint density at radius 1 is 1.24 bits per heavy atom. The number of nitrogens with one attached hydrogen (secondary N) is 1. The SMILES string of the molecule is CCc1cccc(C)c1NC(=O)c1cccn1CC(=O)O. The van der Waals surface area contributed by atoms with Crippen molar-refractivity contribution in [3.63, 3.8) is 0 Å². The zero-order valence-electron chi connectivity index (χ0n) is 12.1. The highest BCUT2D eigenvalue weighted by atomic mass is 16.4. The van der Waals surface area contributed by atoms with E-state index >= 15 is 0 Å². The fourth-order valence-electron chi connectivity index (χ4n) is 2.28. The number of rotatable bonds is 5. The van der Waals surface area contributed by atoms with Crippen LogP contribution in [0.4, 0.5) is 5.69 Å². The molecule has 0 bridgehead atoms. The predicted molar refractivity (Wildman–Crippen MR) is 80.6 cm³/mol. The van der Waals surface area contributed by atoms with Crippen LogP contribution in [0, 0.1) is 6.92 Å². The number of hydrogen-bond donors (Lipinski definition) is 2. The van der Waals surface area contributed by atoms with Crippen LogP contribution in [0.5, 0.6) is 0 Å². The van der Waals surface area contributed by atoms with Crippen molar-refractivity contribution in [2.45, 2.75) is 26.8 Å². The Hall–Kier alpha value is -2.56. The number of anilines is 1. The van der Waals surface area contributed by atoms with E-state index in [0.717, 1.165) is 23.2 Å². The van der Waals surface area contributed by atoms with Crippen LogP contribution in [-0.2, 0) is 17.8 Å². The monoisotopic (exact) mass is 286 g/mol. The molecule has 5 nitrogen and oxygen atoms in total. The molecule has 1 aromatic carbocycles. The van der Waals surface area contributed by atoms with Crippen molar-refractivity contribution in [3.8, 4) is 0 Å². The summed E-state index contributed by atoms with van der Waals surface area (Å²) in [6.07, 6.45) is 2.40. The van der Waals surface area contributed by atoms with Gasteiger partial charge in [-0.15, -0.1) is 0 Å². The van der Waals surface area contributed by atoms with Crippen molar-refractivity contribution in [1.82, 2.24) is 4.57 Å². The van der Waals surface area contributed by atoms with Gasteiger partial charge in [0.25, 0.3) is 5.91 Å². The van der Waals surface area contributed by atoms with Gasteiger partial charge in [-0.05, 0) is 36.6 Å². The molecule has 21 heavy (non-hydrogen) atoms. The number of carbonyl (C=O) groups is 2. The quantitative estimate of drug-likeness (QED) is 0.887. The van der Waals surface area contributed by atoms with Crippen molar-refractivity contribution in [1.29, 1.82) is 0 Å². The third kappa shape index (κ3) is 3.31. The van der Waals surface area contributed by atoms with E-state index < -0.39 is 5.97 Å². The molecule has 0 spiro atoms. The first kappa shape index (κ1) is 14.8. The Balaban J connectivity index is 2.27. The molecule has 0 atom stereocenters. The Morgan fingerprint density at radius 2 is 2.00 bits per heavy atom. The Labute approximate surface area is 123 Å². The average molecular weight is 286 g/mol. The number of aliphatic carboxylic acids is 1. The first-order valence-corrected chi connectivity index (χ1v) is 6.79. The molecule has 2 N–H and O–H groups in total. The molecule has 0 saturated heterocycles. The third-order valence-electron chi connectivity index (χ3n) is 3.35. The molecular formula is C16H18N2O3. The molecule has 0 unspecified atom stereocenters. The van der Waals surface area contributed by atoms with Gasteiger partial charge in [0, 0.05) is 11.9 Å². The molecule has 0 aliphatic heterocycles. The molecule has 1 heterocycles. The van der Waals surface area contributed by atoms with E-state index in [1.807, 2.05) is 32.0 Å². The van der Waals surface area contributed by atoms with Crippen molar-refractivity contribution in [3.05, 3.63) is 53.3 Å². The lowest BCUT2D eigenvalue weighted by atomic mass is 10.1. The first-order chi connectivity index (χ1) is 10.0. The van der Waals surface area contributed by atoms with Gasteiger partial charge in [0.15, 0.2) is 0 Å². The number of carboxylic acids is 1. The highest BCUT2D eigenvalue weighted by molar-refractivity contribution is 6.04. The zero-order chi connectivity index (χ0) is 15.4. The van der Waals surface area contributed by atoms with Crippen molar-refractivity contribution >= 4 is 17.6 Å². The molecule has 1 amide bonds. The summed E-state index contributed by atoms with van der Waals surface area (Å²) in [5, 5.41) is 11.7. The zero-order valence-corrected chi connectivity index (χ0v) is 12.1. The fraction of sp³-hybridized carbons (Fsp3) is 0.250.